The summed E-state index contributed by atoms with van der Waals surface area (Å²) in [5, 5.41) is 2.98. The smallest absolute Gasteiger partial charge is 0.244 e. The zero-order valence-electron chi connectivity index (χ0n) is 12.0. The molecule has 0 unspecified atom stereocenters. The van der Waals surface area contributed by atoms with E-state index in [1.807, 2.05) is 30.8 Å². The fourth-order valence-corrected chi connectivity index (χ4v) is 3.00. The normalized spacial score (nSPS) is 18.3. The Bertz CT molecular complexity index is 475. The molecule has 5 heteroatoms. The third-order valence-electron chi connectivity index (χ3n) is 3.58. The molecular weight excluding hydrogens is 274 g/mol. The topological polar surface area (TPSA) is 51.5 Å². The van der Waals surface area contributed by atoms with E-state index in [2.05, 4.69) is 11.6 Å². The molecule has 1 saturated heterocycles. The van der Waals surface area contributed by atoms with Gasteiger partial charge >= 0.3 is 0 Å². The van der Waals surface area contributed by atoms with Crippen LogP contribution in [-0.2, 0) is 9.53 Å². The summed E-state index contributed by atoms with van der Waals surface area (Å²) in [4.78, 5) is 11.8. The lowest BCUT2D eigenvalue weighted by molar-refractivity contribution is -0.116. The second-order valence-electron chi connectivity index (χ2n) is 5.00. The lowest BCUT2D eigenvalue weighted by Crippen LogP contribution is -2.43. The molecule has 2 rings (SSSR count). The van der Waals surface area contributed by atoms with Crippen molar-refractivity contribution in [1.82, 2.24) is 5.32 Å². The van der Waals surface area contributed by atoms with Crippen LogP contribution < -0.4 is 5.32 Å². The molecule has 1 fully saturated rings. The zero-order chi connectivity index (χ0) is 14.4. The standard InChI is InChI=1S/C15H21NO3S/c1-12-3-4-13(19-12)5-6-14(17)16-11-15(20-2)7-9-18-10-8-15/h3-6H,7-11H2,1-2H3,(H,16,17). The SMILES string of the molecule is CSC1(CNC(=O)C=Cc2ccc(C)o2)CCOCC1. The van der Waals surface area contributed by atoms with Gasteiger partial charge in [-0.2, -0.15) is 11.8 Å². The number of carbonyl (C=O) groups is 1. The van der Waals surface area contributed by atoms with Crippen LogP contribution in [0, 0.1) is 6.92 Å². The number of rotatable bonds is 5. The molecule has 0 aliphatic carbocycles. The molecule has 4 nitrogen and oxygen atoms in total. The van der Waals surface area contributed by atoms with E-state index in [9.17, 15) is 4.79 Å². The van der Waals surface area contributed by atoms with Gasteiger partial charge in [0.25, 0.3) is 0 Å². The highest BCUT2D eigenvalue weighted by Gasteiger charge is 2.31. The molecule has 110 valence electrons. The molecule has 0 atom stereocenters. The molecule has 0 saturated carbocycles. The average molecular weight is 295 g/mol. The summed E-state index contributed by atoms with van der Waals surface area (Å²) < 4.78 is 10.9. The van der Waals surface area contributed by atoms with Gasteiger partial charge in [0.1, 0.15) is 11.5 Å². The molecule has 1 amide bonds. The van der Waals surface area contributed by atoms with Crippen molar-refractivity contribution in [2.45, 2.75) is 24.5 Å². The second-order valence-corrected chi connectivity index (χ2v) is 6.27. The Kier molecular flexibility index (Phi) is 5.31. The maximum atomic E-state index is 11.8. The average Bonchev–Trinajstić information content (AvgIpc) is 2.89. The first-order valence-corrected chi connectivity index (χ1v) is 8.01. The maximum absolute atomic E-state index is 11.8. The van der Waals surface area contributed by atoms with Crippen LogP contribution in [0.15, 0.2) is 22.6 Å². The van der Waals surface area contributed by atoms with Gasteiger partial charge in [-0.15, -0.1) is 0 Å². The minimum atomic E-state index is -0.0843. The van der Waals surface area contributed by atoms with Gasteiger partial charge in [-0.3, -0.25) is 4.79 Å². The predicted octanol–water partition coefficient (Wildman–Crippen LogP) is 2.63. The number of carbonyl (C=O) groups excluding carboxylic acids is 1. The Morgan fingerprint density at radius 2 is 2.20 bits per heavy atom. The van der Waals surface area contributed by atoms with Crippen molar-refractivity contribution in [3.8, 4) is 0 Å². The van der Waals surface area contributed by atoms with Crippen LogP contribution >= 0.6 is 11.8 Å². The van der Waals surface area contributed by atoms with Crippen LogP contribution in [0.2, 0.25) is 0 Å². The van der Waals surface area contributed by atoms with Crippen molar-refractivity contribution in [3.05, 3.63) is 29.7 Å². The zero-order valence-corrected chi connectivity index (χ0v) is 12.8. The first kappa shape index (κ1) is 15.2. The van der Waals surface area contributed by atoms with Crippen LogP contribution in [0.1, 0.15) is 24.4 Å². The fraction of sp³-hybridized carbons (Fsp3) is 0.533. The molecular formula is C15H21NO3S. The first-order chi connectivity index (χ1) is 9.63. The molecule has 1 aliphatic rings. The van der Waals surface area contributed by atoms with Gasteiger partial charge < -0.3 is 14.5 Å². The van der Waals surface area contributed by atoms with Crippen molar-refractivity contribution in [2.75, 3.05) is 26.0 Å². The molecule has 1 N–H and O–H groups in total. The number of ether oxygens (including phenoxy) is 1. The Labute approximate surface area is 123 Å². The van der Waals surface area contributed by atoms with E-state index >= 15 is 0 Å². The third-order valence-corrected chi connectivity index (χ3v) is 5.00. The summed E-state index contributed by atoms with van der Waals surface area (Å²) in [7, 11) is 0. The number of thioether (sulfide) groups is 1. The number of hydrogen-bond acceptors (Lipinski definition) is 4. The van der Waals surface area contributed by atoms with E-state index in [-0.39, 0.29) is 10.7 Å². The van der Waals surface area contributed by atoms with Crippen LogP contribution in [0.5, 0.6) is 0 Å². The monoisotopic (exact) mass is 295 g/mol. The Morgan fingerprint density at radius 3 is 2.80 bits per heavy atom. The van der Waals surface area contributed by atoms with Gasteiger partial charge in [-0.1, -0.05) is 0 Å². The van der Waals surface area contributed by atoms with E-state index in [1.165, 1.54) is 6.08 Å². The van der Waals surface area contributed by atoms with Gasteiger partial charge in [0, 0.05) is 30.6 Å². The quantitative estimate of drug-likeness (QED) is 0.848. The molecule has 1 aromatic rings. The summed E-state index contributed by atoms with van der Waals surface area (Å²) in [6.45, 7) is 4.11. The van der Waals surface area contributed by atoms with Crippen molar-refractivity contribution in [2.24, 2.45) is 0 Å². The van der Waals surface area contributed by atoms with Gasteiger partial charge in [0.2, 0.25) is 5.91 Å². The lowest BCUT2D eigenvalue weighted by atomic mass is 9.99. The predicted molar refractivity (Wildman–Crippen MR) is 81.8 cm³/mol. The van der Waals surface area contributed by atoms with E-state index in [1.54, 1.807) is 6.08 Å². The maximum Gasteiger partial charge on any atom is 0.244 e. The lowest BCUT2D eigenvalue weighted by Gasteiger charge is -2.35. The third kappa shape index (κ3) is 4.15. The van der Waals surface area contributed by atoms with E-state index in [0.29, 0.717) is 12.3 Å². The highest BCUT2D eigenvalue weighted by Crippen LogP contribution is 2.32. The van der Waals surface area contributed by atoms with Gasteiger partial charge in [0.05, 0.1) is 0 Å². The van der Waals surface area contributed by atoms with Crippen LogP contribution in [-0.4, -0.2) is 36.7 Å². The van der Waals surface area contributed by atoms with Gasteiger partial charge in [-0.05, 0) is 44.2 Å². The molecule has 0 spiro atoms. The number of furan rings is 1. The summed E-state index contributed by atoms with van der Waals surface area (Å²) in [6.07, 6.45) is 7.27. The molecule has 0 radical (unpaired) electrons. The van der Waals surface area contributed by atoms with Crippen LogP contribution in [0.4, 0.5) is 0 Å². The van der Waals surface area contributed by atoms with Crippen molar-refractivity contribution < 1.29 is 13.9 Å². The number of aryl methyl sites for hydroxylation is 1. The highest BCUT2D eigenvalue weighted by molar-refractivity contribution is 8.00. The van der Waals surface area contributed by atoms with E-state index in [0.717, 1.165) is 31.8 Å². The number of hydrogen-bond donors (Lipinski definition) is 1. The second kappa shape index (κ2) is 6.99. The minimum Gasteiger partial charge on any atom is -0.462 e. The molecule has 2 heterocycles. The summed E-state index contributed by atoms with van der Waals surface area (Å²) in [5.41, 5.74) is 0. The first-order valence-electron chi connectivity index (χ1n) is 6.79. The molecule has 20 heavy (non-hydrogen) atoms. The van der Waals surface area contributed by atoms with Crippen molar-refractivity contribution >= 4 is 23.7 Å². The van der Waals surface area contributed by atoms with E-state index < -0.39 is 0 Å². The Balaban J connectivity index is 1.83. The number of nitrogens with one attached hydrogen (secondary N) is 1. The van der Waals surface area contributed by atoms with Gasteiger partial charge in [0.15, 0.2) is 0 Å². The summed E-state index contributed by atoms with van der Waals surface area (Å²) in [5.74, 6) is 1.45. The number of amides is 1. The van der Waals surface area contributed by atoms with E-state index in [4.69, 9.17) is 9.15 Å². The van der Waals surface area contributed by atoms with Gasteiger partial charge in [-0.25, -0.2) is 0 Å². The molecule has 0 bridgehead atoms. The highest BCUT2D eigenvalue weighted by atomic mass is 32.2. The van der Waals surface area contributed by atoms with Crippen molar-refractivity contribution in [1.29, 1.82) is 0 Å². The molecule has 1 aromatic heterocycles. The van der Waals surface area contributed by atoms with Crippen molar-refractivity contribution in [3.63, 3.8) is 0 Å². The minimum absolute atomic E-state index is 0.0843. The Morgan fingerprint density at radius 1 is 1.45 bits per heavy atom. The summed E-state index contributed by atoms with van der Waals surface area (Å²) >= 11 is 1.82. The summed E-state index contributed by atoms with van der Waals surface area (Å²) in [6, 6.07) is 3.73. The largest absolute Gasteiger partial charge is 0.462 e. The molecule has 0 aromatic carbocycles. The van der Waals surface area contributed by atoms with Crippen LogP contribution in [0.25, 0.3) is 6.08 Å². The van der Waals surface area contributed by atoms with Crippen LogP contribution in [0.3, 0.4) is 0 Å². The fourth-order valence-electron chi connectivity index (χ4n) is 2.20. The molecule has 1 aliphatic heterocycles. The Hall–Kier alpha value is -1.20.